The molecule has 4 nitrogen and oxygen atoms in total. The highest BCUT2D eigenvalue weighted by atomic mass is 16.5. The molecule has 0 heterocycles. The number of aliphatic hydroxyl groups excluding tert-OH is 1. The summed E-state index contributed by atoms with van der Waals surface area (Å²) >= 11 is 0. The lowest BCUT2D eigenvalue weighted by Gasteiger charge is -2.11. The first kappa shape index (κ1) is 14.8. The number of nitrogens with one attached hydrogen (secondary N) is 1. The molecule has 0 saturated heterocycles. The molecular formula is C14H23NO3. The van der Waals surface area contributed by atoms with Crippen molar-refractivity contribution in [2.24, 2.45) is 5.92 Å². The molecule has 1 aromatic rings. The Hall–Kier alpha value is -1.26. The van der Waals surface area contributed by atoms with Gasteiger partial charge in [0.1, 0.15) is 0 Å². The first-order valence-corrected chi connectivity index (χ1v) is 6.23. The average Bonchev–Trinajstić information content (AvgIpc) is 2.42. The van der Waals surface area contributed by atoms with Crippen LogP contribution in [-0.4, -0.2) is 39.0 Å². The average molecular weight is 253 g/mol. The molecule has 0 spiro atoms. The monoisotopic (exact) mass is 253 g/mol. The van der Waals surface area contributed by atoms with Gasteiger partial charge in [-0.2, -0.15) is 0 Å². The molecule has 4 heteroatoms. The molecule has 102 valence electrons. The Bertz CT molecular complexity index is 355. The lowest BCUT2D eigenvalue weighted by molar-refractivity contribution is 0.234. The number of methoxy groups -OCH3 is 2. The second-order valence-electron chi connectivity index (χ2n) is 4.43. The minimum absolute atomic E-state index is 0.226. The Labute approximate surface area is 109 Å². The van der Waals surface area contributed by atoms with Crippen molar-refractivity contribution in [3.63, 3.8) is 0 Å². The second-order valence-corrected chi connectivity index (χ2v) is 4.43. The molecule has 0 amide bonds. The second kappa shape index (κ2) is 7.95. The van der Waals surface area contributed by atoms with Gasteiger partial charge in [-0.1, -0.05) is 13.0 Å². The molecular weight excluding hydrogens is 230 g/mol. The summed E-state index contributed by atoms with van der Waals surface area (Å²) < 4.78 is 10.5. The van der Waals surface area contributed by atoms with Crippen LogP contribution < -0.4 is 14.8 Å². The van der Waals surface area contributed by atoms with Gasteiger partial charge in [-0.25, -0.2) is 0 Å². The normalized spacial score (nSPS) is 12.2. The highest BCUT2D eigenvalue weighted by Crippen LogP contribution is 2.27. The van der Waals surface area contributed by atoms with E-state index in [9.17, 15) is 0 Å². The van der Waals surface area contributed by atoms with Crippen molar-refractivity contribution >= 4 is 0 Å². The van der Waals surface area contributed by atoms with Gasteiger partial charge in [-0.3, -0.25) is 0 Å². The fourth-order valence-corrected chi connectivity index (χ4v) is 1.68. The summed E-state index contributed by atoms with van der Waals surface area (Å²) in [7, 11) is 3.28. The van der Waals surface area contributed by atoms with E-state index in [4.69, 9.17) is 14.6 Å². The fraction of sp³-hybridized carbons (Fsp3) is 0.571. The molecule has 18 heavy (non-hydrogen) atoms. The highest BCUT2D eigenvalue weighted by molar-refractivity contribution is 5.42. The van der Waals surface area contributed by atoms with Crippen LogP contribution >= 0.6 is 0 Å². The van der Waals surface area contributed by atoms with Crippen molar-refractivity contribution in [3.8, 4) is 11.5 Å². The smallest absolute Gasteiger partial charge is 0.160 e. The van der Waals surface area contributed by atoms with Gasteiger partial charge in [-0.15, -0.1) is 0 Å². The van der Waals surface area contributed by atoms with E-state index >= 15 is 0 Å². The van der Waals surface area contributed by atoms with Gasteiger partial charge in [-0.05, 0) is 43.1 Å². The summed E-state index contributed by atoms with van der Waals surface area (Å²) in [5.41, 5.74) is 1.21. The Morgan fingerprint density at radius 1 is 1.22 bits per heavy atom. The Kier molecular flexibility index (Phi) is 6.54. The highest BCUT2D eigenvalue weighted by Gasteiger charge is 2.04. The Balaban J connectivity index is 2.43. The van der Waals surface area contributed by atoms with Crippen molar-refractivity contribution in [1.82, 2.24) is 5.32 Å². The summed E-state index contributed by atoms with van der Waals surface area (Å²) in [6.45, 7) is 3.97. The van der Waals surface area contributed by atoms with Crippen LogP contribution in [0.4, 0.5) is 0 Å². The minimum atomic E-state index is 0.226. The van der Waals surface area contributed by atoms with Gasteiger partial charge in [0.25, 0.3) is 0 Å². The minimum Gasteiger partial charge on any atom is -0.493 e. The number of ether oxygens (including phenoxy) is 2. The van der Waals surface area contributed by atoms with Crippen molar-refractivity contribution < 1.29 is 14.6 Å². The summed E-state index contributed by atoms with van der Waals surface area (Å²) in [6.07, 6.45) is 0.929. The van der Waals surface area contributed by atoms with Crippen LogP contribution in [0.1, 0.15) is 12.5 Å². The first-order valence-electron chi connectivity index (χ1n) is 6.23. The lowest BCUT2D eigenvalue weighted by Crippen LogP contribution is -2.25. The molecule has 0 aliphatic rings. The molecule has 1 atom stereocenters. The number of aliphatic hydroxyl groups is 1. The van der Waals surface area contributed by atoms with Gasteiger partial charge in [0.2, 0.25) is 0 Å². The van der Waals surface area contributed by atoms with Gasteiger partial charge >= 0.3 is 0 Å². The largest absolute Gasteiger partial charge is 0.493 e. The van der Waals surface area contributed by atoms with Crippen LogP contribution in [0.2, 0.25) is 0 Å². The van der Waals surface area contributed by atoms with Crippen molar-refractivity contribution in [2.75, 3.05) is 33.9 Å². The van der Waals surface area contributed by atoms with Crippen LogP contribution in [0.5, 0.6) is 11.5 Å². The van der Waals surface area contributed by atoms with Crippen LogP contribution in [-0.2, 0) is 6.42 Å². The van der Waals surface area contributed by atoms with Crippen molar-refractivity contribution in [2.45, 2.75) is 13.3 Å². The van der Waals surface area contributed by atoms with Crippen molar-refractivity contribution in [1.29, 1.82) is 0 Å². The maximum absolute atomic E-state index is 8.91. The molecule has 0 fully saturated rings. The molecule has 2 N–H and O–H groups in total. The molecule has 1 aromatic carbocycles. The van der Waals surface area contributed by atoms with E-state index in [1.165, 1.54) is 5.56 Å². The Morgan fingerprint density at radius 3 is 2.56 bits per heavy atom. The summed E-state index contributed by atoms with van der Waals surface area (Å²) in [4.78, 5) is 0. The molecule has 0 saturated carbocycles. The predicted octanol–water partition coefficient (Wildman–Crippen LogP) is 1.46. The van der Waals surface area contributed by atoms with Gasteiger partial charge < -0.3 is 19.9 Å². The third kappa shape index (κ3) is 4.55. The molecule has 1 rings (SSSR count). The van der Waals surface area contributed by atoms with Gasteiger partial charge in [0, 0.05) is 6.61 Å². The molecule has 0 bridgehead atoms. The van der Waals surface area contributed by atoms with Gasteiger partial charge in [0.05, 0.1) is 14.2 Å². The molecule has 0 aliphatic carbocycles. The summed E-state index contributed by atoms with van der Waals surface area (Å²) in [5.74, 6) is 1.82. The third-order valence-corrected chi connectivity index (χ3v) is 2.84. The lowest BCUT2D eigenvalue weighted by atomic mass is 10.1. The number of hydrogen-bond acceptors (Lipinski definition) is 4. The number of rotatable bonds is 8. The topological polar surface area (TPSA) is 50.7 Å². The van der Waals surface area contributed by atoms with Crippen LogP contribution in [0.15, 0.2) is 18.2 Å². The summed E-state index contributed by atoms with van der Waals surface area (Å²) in [5, 5.41) is 12.2. The summed E-state index contributed by atoms with van der Waals surface area (Å²) in [6, 6.07) is 5.96. The molecule has 1 unspecified atom stereocenters. The van der Waals surface area contributed by atoms with E-state index < -0.39 is 0 Å². The van der Waals surface area contributed by atoms with Crippen LogP contribution in [0, 0.1) is 5.92 Å². The SMILES string of the molecule is COc1ccc(CCNCC(C)CO)cc1OC. The number of hydrogen-bond donors (Lipinski definition) is 2. The molecule has 0 aliphatic heterocycles. The zero-order valence-corrected chi connectivity index (χ0v) is 11.4. The maximum Gasteiger partial charge on any atom is 0.160 e. The van der Waals surface area contributed by atoms with Crippen LogP contribution in [0.3, 0.4) is 0 Å². The molecule has 0 aromatic heterocycles. The van der Waals surface area contributed by atoms with Gasteiger partial charge in [0.15, 0.2) is 11.5 Å². The quantitative estimate of drug-likeness (QED) is 0.689. The molecule has 0 radical (unpaired) electrons. The van der Waals surface area contributed by atoms with Crippen molar-refractivity contribution in [3.05, 3.63) is 23.8 Å². The number of benzene rings is 1. The zero-order chi connectivity index (χ0) is 13.4. The van der Waals surface area contributed by atoms with Crippen LogP contribution in [0.25, 0.3) is 0 Å². The van der Waals surface area contributed by atoms with E-state index in [-0.39, 0.29) is 6.61 Å². The van der Waals surface area contributed by atoms with E-state index in [0.29, 0.717) is 5.92 Å². The standard InChI is InChI=1S/C14H23NO3/c1-11(10-16)9-15-7-6-12-4-5-13(17-2)14(8-12)18-3/h4-5,8,11,15-16H,6-7,9-10H2,1-3H3. The predicted molar refractivity (Wildman–Crippen MR) is 72.4 cm³/mol. The van der Waals surface area contributed by atoms with E-state index in [1.807, 2.05) is 25.1 Å². The first-order chi connectivity index (χ1) is 8.71. The van der Waals surface area contributed by atoms with E-state index in [0.717, 1.165) is 31.0 Å². The fourth-order valence-electron chi connectivity index (χ4n) is 1.68. The maximum atomic E-state index is 8.91. The third-order valence-electron chi connectivity index (χ3n) is 2.84. The zero-order valence-electron chi connectivity index (χ0n) is 11.4. The van der Waals surface area contributed by atoms with E-state index in [1.54, 1.807) is 14.2 Å². The van der Waals surface area contributed by atoms with E-state index in [2.05, 4.69) is 5.32 Å². The Morgan fingerprint density at radius 2 is 1.94 bits per heavy atom.